The van der Waals surface area contributed by atoms with E-state index in [1.54, 1.807) is 12.1 Å². The molecule has 0 amide bonds. The summed E-state index contributed by atoms with van der Waals surface area (Å²) >= 11 is 0. The zero-order valence-corrected chi connectivity index (χ0v) is 9.67. The molecule has 104 valence electrons. The number of nitrogens with two attached hydrogens (primary N) is 1. The second kappa shape index (κ2) is 6.23. The molecule has 1 aromatic rings. The molecule has 0 saturated carbocycles. The molecule has 0 bridgehead atoms. The largest absolute Gasteiger partial charge is 0.394 e. The molecule has 0 radical (unpaired) electrons. The van der Waals surface area contributed by atoms with Gasteiger partial charge in [-0.1, -0.05) is 6.07 Å². The third-order valence-electron chi connectivity index (χ3n) is 2.14. The van der Waals surface area contributed by atoms with Gasteiger partial charge in [0.05, 0.1) is 13.0 Å². The SMILES string of the molecule is NC(C(CC(F)(F)F)=NCc1cccnc1)[N+](=O)[O-]. The Morgan fingerprint density at radius 3 is 2.74 bits per heavy atom. The molecule has 2 N–H and O–H groups in total. The van der Waals surface area contributed by atoms with Gasteiger partial charge in [0.25, 0.3) is 0 Å². The highest BCUT2D eigenvalue weighted by Crippen LogP contribution is 2.21. The second-order valence-corrected chi connectivity index (χ2v) is 3.69. The van der Waals surface area contributed by atoms with Gasteiger partial charge >= 0.3 is 12.3 Å². The van der Waals surface area contributed by atoms with E-state index >= 15 is 0 Å². The highest BCUT2D eigenvalue weighted by molar-refractivity contribution is 5.88. The van der Waals surface area contributed by atoms with Crippen molar-refractivity contribution in [2.45, 2.75) is 25.3 Å². The van der Waals surface area contributed by atoms with Gasteiger partial charge in [-0.05, 0) is 11.6 Å². The number of aliphatic imine (C=N–C) groups is 1. The molecule has 0 saturated heterocycles. The molecule has 0 aliphatic carbocycles. The Morgan fingerprint density at radius 1 is 1.58 bits per heavy atom. The van der Waals surface area contributed by atoms with Crippen molar-refractivity contribution in [3.63, 3.8) is 0 Å². The summed E-state index contributed by atoms with van der Waals surface area (Å²) in [5, 5.41) is 10.5. The Hall–Kier alpha value is -2.03. The van der Waals surface area contributed by atoms with Gasteiger partial charge in [-0.2, -0.15) is 13.2 Å². The Morgan fingerprint density at radius 2 is 2.26 bits per heavy atom. The molecule has 9 heteroatoms. The minimum absolute atomic E-state index is 0.138. The maximum atomic E-state index is 12.3. The second-order valence-electron chi connectivity index (χ2n) is 3.69. The third kappa shape index (κ3) is 5.42. The van der Waals surface area contributed by atoms with Crippen molar-refractivity contribution < 1.29 is 18.1 Å². The van der Waals surface area contributed by atoms with Crippen LogP contribution in [0, 0.1) is 10.1 Å². The zero-order chi connectivity index (χ0) is 14.5. The number of hydrogen-bond acceptors (Lipinski definition) is 5. The van der Waals surface area contributed by atoms with E-state index in [4.69, 9.17) is 5.73 Å². The summed E-state index contributed by atoms with van der Waals surface area (Å²) in [4.78, 5) is 16.8. The van der Waals surface area contributed by atoms with Crippen LogP contribution in [0.4, 0.5) is 13.2 Å². The van der Waals surface area contributed by atoms with Crippen LogP contribution in [-0.2, 0) is 6.54 Å². The van der Waals surface area contributed by atoms with E-state index in [-0.39, 0.29) is 6.54 Å². The third-order valence-corrected chi connectivity index (χ3v) is 2.14. The van der Waals surface area contributed by atoms with E-state index in [2.05, 4.69) is 9.98 Å². The molecule has 1 atom stereocenters. The lowest BCUT2D eigenvalue weighted by Gasteiger charge is -2.11. The van der Waals surface area contributed by atoms with Crippen molar-refractivity contribution in [1.29, 1.82) is 0 Å². The number of nitro groups is 1. The average Bonchev–Trinajstić information content (AvgIpc) is 2.33. The first-order valence-electron chi connectivity index (χ1n) is 5.17. The quantitative estimate of drug-likeness (QED) is 0.382. The van der Waals surface area contributed by atoms with Crippen LogP contribution >= 0.6 is 0 Å². The van der Waals surface area contributed by atoms with E-state index in [9.17, 15) is 23.3 Å². The van der Waals surface area contributed by atoms with Gasteiger partial charge in [0.2, 0.25) is 0 Å². The first kappa shape index (κ1) is 15.0. The molecule has 0 aliphatic rings. The number of nitrogens with zero attached hydrogens (tertiary/aromatic N) is 3. The Kier molecular flexibility index (Phi) is 4.93. The maximum Gasteiger partial charge on any atom is 0.394 e. The lowest BCUT2D eigenvalue weighted by molar-refractivity contribution is -0.502. The fraction of sp³-hybridized carbons (Fsp3) is 0.400. The van der Waals surface area contributed by atoms with E-state index in [1.807, 2.05) is 0 Å². The fourth-order valence-corrected chi connectivity index (χ4v) is 1.27. The van der Waals surface area contributed by atoms with Crippen LogP contribution in [0.25, 0.3) is 0 Å². The van der Waals surface area contributed by atoms with Crippen molar-refractivity contribution in [1.82, 2.24) is 4.98 Å². The van der Waals surface area contributed by atoms with Crippen LogP contribution in [0.1, 0.15) is 12.0 Å². The molecule has 1 heterocycles. The maximum absolute atomic E-state index is 12.3. The smallest absolute Gasteiger partial charge is 0.280 e. The lowest BCUT2D eigenvalue weighted by Crippen LogP contribution is -2.40. The number of halogens is 3. The molecular weight excluding hydrogens is 265 g/mol. The van der Waals surface area contributed by atoms with E-state index in [0.29, 0.717) is 5.56 Å². The standard InChI is InChI=1S/C10H11F3N4O2/c11-10(12,13)4-8(9(14)17(18)19)16-6-7-2-1-3-15-5-7/h1-3,5,9H,4,6,14H2. The van der Waals surface area contributed by atoms with Crippen LogP contribution in [-0.4, -0.2) is 28.0 Å². The Labute approximate surface area is 106 Å². The van der Waals surface area contributed by atoms with Crippen LogP contribution in [0.3, 0.4) is 0 Å². The minimum atomic E-state index is -4.60. The average molecular weight is 276 g/mol. The summed E-state index contributed by atoms with van der Waals surface area (Å²) in [5.41, 5.74) is 4.92. The van der Waals surface area contributed by atoms with Crippen molar-refractivity contribution >= 4 is 5.71 Å². The molecule has 0 aliphatic heterocycles. The Balaban J connectivity index is 2.87. The molecule has 0 fully saturated rings. The van der Waals surface area contributed by atoms with Gasteiger partial charge in [0.1, 0.15) is 5.71 Å². The van der Waals surface area contributed by atoms with Gasteiger partial charge in [-0.25, -0.2) is 0 Å². The van der Waals surface area contributed by atoms with Crippen LogP contribution < -0.4 is 5.73 Å². The van der Waals surface area contributed by atoms with Gasteiger partial charge in [0.15, 0.2) is 0 Å². The number of pyridine rings is 1. The highest BCUT2D eigenvalue weighted by Gasteiger charge is 2.35. The summed E-state index contributed by atoms with van der Waals surface area (Å²) in [7, 11) is 0. The van der Waals surface area contributed by atoms with E-state index in [0.717, 1.165) is 0 Å². The molecule has 1 rings (SSSR count). The number of rotatable bonds is 5. The van der Waals surface area contributed by atoms with Crippen LogP contribution in [0.2, 0.25) is 0 Å². The number of alkyl halides is 3. The molecular formula is C10H11F3N4O2. The van der Waals surface area contributed by atoms with Gasteiger partial charge in [0, 0.05) is 17.3 Å². The van der Waals surface area contributed by atoms with Gasteiger partial charge in [-0.3, -0.25) is 25.8 Å². The van der Waals surface area contributed by atoms with Crippen LogP contribution in [0.15, 0.2) is 29.5 Å². The topological polar surface area (TPSA) is 94.4 Å². The van der Waals surface area contributed by atoms with Crippen molar-refractivity contribution in [2.75, 3.05) is 0 Å². The summed E-state index contributed by atoms with van der Waals surface area (Å²) in [6.45, 7) is -0.138. The van der Waals surface area contributed by atoms with Crippen molar-refractivity contribution in [3.05, 3.63) is 40.2 Å². The van der Waals surface area contributed by atoms with E-state index in [1.165, 1.54) is 12.4 Å². The molecule has 0 spiro atoms. The number of hydrogen-bond donors (Lipinski definition) is 1. The molecule has 0 aromatic carbocycles. The van der Waals surface area contributed by atoms with Gasteiger partial charge < -0.3 is 0 Å². The van der Waals surface area contributed by atoms with Crippen LogP contribution in [0.5, 0.6) is 0 Å². The first-order chi connectivity index (χ1) is 8.79. The molecule has 6 nitrogen and oxygen atoms in total. The minimum Gasteiger partial charge on any atom is -0.280 e. The summed E-state index contributed by atoms with van der Waals surface area (Å²) in [5.74, 6) is 0. The predicted molar refractivity (Wildman–Crippen MR) is 61.0 cm³/mol. The van der Waals surface area contributed by atoms with Crippen molar-refractivity contribution in [2.24, 2.45) is 10.7 Å². The monoisotopic (exact) mass is 276 g/mol. The summed E-state index contributed by atoms with van der Waals surface area (Å²) < 4.78 is 36.9. The summed E-state index contributed by atoms with van der Waals surface area (Å²) in [6, 6.07) is 3.18. The normalized spacial score (nSPS) is 14.2. The van der Waals surface area contributed by atoms with E-state index < -0.39 is 29.4 Å². The fourth-order valence-electron chi connectivity index (χ4n) is 1.27. The predicted octanol–water partition coefficient (Wildman–Crippen LogP) is 1.54. The highest BCUT2D eigenvalue weighted by atomic mass is 19.4. The zero-order valence-electron chi connectivity index (χ0n) is 9.67. The molecule has 1 aromatic heterocycles. The van der Waals surface area contributed by atoms with Gasteiger partial charge in [-0.15, -0.1) is 0 Å². The molecule has 19 heavy (non-hydrogen) atoms. The lowest BCUT2D eigenvalue weighted by atomic mass is 10.2. The number of aromatic nitrogens is 1. The summed E-state index contributed by atoms with van der Waals surface area (Å²) in [6.07, 6.45) is -5.16. The van der Waals surface area contributed by atoms with Crippen molar-refractivity contribution in [3.8, 4) is 0 Å². The first-order valence-corrected chi connectivity index (χ1v) is 5.17. The molecule has 1 unspecified atom stereocenters. The Bertz CT molecular complexity index is 462.